The first-order valence-electron chi connectivity index (χ1n) is 8.12. The van der Waals surface area contributed by atoms with E-state index in [4.69, 9.17) is 0 Å². The normalized spacial score (nSPS) is 23.4. The van der Waals surface area contributed by atoms with Gasteiger partial charge >= 0.3 is 5.97 Å². The Balaban J connectivity index is 1.56. The fourth-order valence-electron chi connectivity index (χ4n) is 3.57. The number of carboxylic acid groups (broad SMARTS) is 1. The minimum Gasteiger partial charge on any atom is -0.481 e. The van der Waals surface area contributed by atoms with Crippen LogP contribution in [0.4, 0.5) is 0 Å². The monoisotopic (exact) mass is 326 g/mol. The molecule has 0 bridgehead atoms. The zero-order chi connectivity index (χ0) is 16.7. The minimum atomic E-state index is -0.793. The van der Waals surface area contributed by atoms with Gasteiger partial charge in [-0.15, -0.1) is 5.10 Å². The number of nitrogens with zero attached hydrogens (tertiary/aromatic N) is 4. The van der Waals surface area contributed by atoms with Gasteiger partial charge in [0.15, 0.2) is 0 Å². The van der Waals surface area contributed by atoms with E-state index in [2.05, 4.69) is 10.3 Å². The molecule has 1 aromatic carbocycles. The number of benzene rings is 1. The lowest BCUT2D eigenvalue weighted by Gasteiger charge is -2.16. The second-order valence-corrected chi connectivity index (χ2v) is 6.55. The Morgan fingerprint density at radius 1 is 1.21 bits per heavy atom. The number of amides is 1. The van der Waals surface area contributed by atoms with Gasteiger partial charge in [-0.1, -0.05) is 11.3 Å². The minimum absolute atomic E-state index is 0.0879. The predicted molar refractivity (Wildman–Crippen MR) is 84.6 cm³/mol. The van der Waals surface area contributed by atoms with Crippen LogP contribution < -0.4 is 0 Å². The van der Waals surface area contributed by atoms with E-state index in [1.54, 1.807) is 40.2 Å². The van der Waals surface area contributed by atoms with Crippen molar-refractivity contribution in [2.75, 3.05) is 13.1 Å². The maximum absolute atomic E-state index is 12.8. The molecule has 1 aliphatic heterocycles. The van der Waals surface area contributed by atoms with Crippen LogP contribution in [0.2, 0.25) is 0 Å². The van der Waals surface area contributed by atoms with Crippen molar-refractivity contribution < 1.29 is 14.7 Å². The molecule has 0 spiro atoms. The molecule has 7 heteroatoms. The number of hydrogen-bond donors (Lipinski definition) is 1. The highest BCUT2D eigenvalue weighted by atomic mass is 16.4. The number of likely N-dealkylation sites (tertiary alicyclic amines) is 1. The average molecular weight is 326 g/mol. The van der Waals surface area contributed by atoms with E-state index < -0.39 is 11.9 Å². The van der Waals surface area contributed by atoms with Gasteiger partial charge in [-0.25, -0.2) is 4.68 Å². The summed E-state index contributed by atoms with van der Waals surface area (Å²) in [5.41, 5.74) is 1.30. The van der Waals surface area contributed by atoms with Crippen molar-refractivity contribution in [3.05, 3.63) is 42.2 Å². The Bertz CT molecular complexity index is 770. The standard InChI is InChI=1S/C17H18N4O3/c22-16(12-2-1-3-13(8-12)21-7-6-18-19-21)20-9-14(11-4-5-11)15(10-20)17(23)24/h1-3,6-8,11,14-15H,4-5,9-10H2,(H,23,24)/t14-,15+/m1/s1. The van der Waals surface area contributed by atoms with Gasteiger partial charge in [0.25, 0.3) is 5.91 Å². The van der Waals surface area contributed by atoms with Crippen LogP contribution in [-0.4, -0.2) is 50.0 Å². The maximum Gasteiger partial charge on any atom is 0.308 e. The van der Waals surface area contributed by atoms with Crippen molar-refractivity contribution in [1.29, 1.82) is 0 Å². The van der Waals surface area contributed by atoms with Gasteiger partial charge in [0, 0.05) is 18.7 Å². The molecule has 4 rings (SSSR count). The summed E-state index contributed by atoms with van der Waals surface area (Å²) in [7, 11) is 0. The van der Waals surface area contributed by atoms with Crippen molar-refractivity contribution in [2.45, 2.75) is 12.8 Å². The molecule has 24 heavy (non-hydrogen) atoms. The van der Waals surface area contributed by atoms with E-state index >= 15 is 0 Å². The van der Waals surface area contributed by atoms with Crippen molar-refractivity contribution in [3.8, 4) is 5.69 Å². The largest absolute Gasteiger partial charge is 0.481 e. The Morgan fingerprint density at radius 3 is 2.71 bits per heavy atom. The topological polar surface area (TPSA) is 88.3 Å². The summed E-state index contributed by atoms with van der Waals surface area (Å²) in [5, 5.41) is 17.1. The molecule has 1 saturated heterocycles. The highest BCUT2D eigenvalue weighted by Crippen LogP contribution is 2.44. The lowest BCUT2D eigenvalue weighted by Crippen LogP contribution is -2.30. The number of hydrogen-bond acceptors (Lipinski definition) is 4. The number of aliphatic carboxylic acids is 1. The molecular formula is C17H18N4O3. The Morgan fingerprint density at radius 2 is 2.04 bits per heavy atom. The van der Waals surface area contributed by atoms with Crippen LogP contribution in [0.25, 0.3) is 5.69 Å². The van der Waals surface area contributed by atoms with E-state index in [0.29, 0.717) is 24.6 Å². The summed E-state index contributed by atoms with van der Waals surface area (Å²) in [6.45, 7) is 0.830. The molecule has 2 aromatic rings. The van der Waals surface area contributed by atoms with Gasteiger partial charge in [0.2, 0.25) is 0 Å². The zero-order valence-corrected chi connectivity index (χ0v) is 13.1. The lowest BCUT2D eigenvalue weighted by atomic mass is 9.92. The van der Waals surface area contributed by atoms with Crippen molar-refractivity contribution >= 4 is 11.9 Å². The number of aromatic nitrogens is 3. The smallest absolute Gasteiger partial charge is 0.308 e. The Hall–Kier alpha value is -2.70. The second-order valence-electron chi connectivity index (χ2n) is 6.55. The van der Waals surface area contributed by atoms with Crippen LogP contribution >= 0.6 is 0 Å². The highest BCUT2D eigenvalue weighted by Gasteiger charge is 2.46. The second kappa shape index (κ2) is 5.74. The Labute approximate surface area is 138 Å². The van der Waals surface area contributed by atoms with Crippen LogP contribution in [0, 0.1) is 17.8 Å². The first-order chi connectivity index (χ1) is 11.6. The molecule has 124 valence electrons. The maximum atomic E-state index is 12.8. The summed E-state index contributed by atoms with van der Waals surface area (Å²) in [6, 6.07) is 7.16. The first-order valence-corrected chi connectivity index (χ1v) is 8.12. The van der Waals surface area contributed by atoms with Crippen LogP contribution in [0.15, 0.2) is 36.7 Å². The van der Waals surface area contributed by atoms with Gasteiger partial charge < -0.3 is 10.0 Å². The highest BCUT2D eigenvalue weighted by molar-refractivity contribution is 5.95. The molecule has 2 fully saturated rings. The zero-order valence-electron chi connectivity index (χ0n) is 13.1. The summed E-state index contributed by atoms with van der Waals surface area (Å²) in [5.74, 6) is -0.805. The van der Waals surface area contributed by atoms with Gasteiger partial charge in [0.1, 0.15) is 0 Å². The van der Waals surface area contributed by atoms with E-state index in [0.717, 1.165) is 18.5 Å². The molecule has 7 nitrogen and oxygen atoms in total. The van der Waals surface area contributed by atoms with E-state index in [1.165, 1.54) is 0 Å². The third-order valence-corrected chi connectivity index (χ3v) is 4.98. The number of carboxylic acids is 1. The van der Waals surface area contributed by atoms with E-state index in [-0.39, 0.29) is 11.8 Å². The summed E-state index contributed by atoms with van der Waals surface area (Å²) >= 11 is 0. The number of rotatable bonds is 4. The fraction of sp³-hybridized carbons (Fsp3) is 0.412. The third kappa shape index (κ3) is 2.66. The molecule has 0 radical (unpaired) electrons. The van der Waals surface area contributed by atoms with Crippen molar-refractivity contribution in [2.24, 2.45) is 17.8 Å². The van der Waals surface area contributed by atoms with Gasteiger partial charge in [-0.2, -0.15) is 0 Å². The first kappa shape index (κ1) is 14.9. The molecule has 1 aliphatic carbocycles. The van der Waals surface area contributed by atoms with Crippen molar-refractivity contribution in [3.63, 3.8) is 0 Å². The van der Waals surface area contributed by atoms with Gasteiger partial charge in [-0.3, -0.25) is 9.59 Å². The SMILES string of the molecule is O=C(O)[C@H]1CN(C(=O)c2cccc(-n3ccnn3)c2)C[C@@H]1C1CC1. The summed E-state index contributed by atoms with van der Waals surface area (Å²) in [6.07, 6.45) is 5.45. The quantitative estimate of drug-likeness (QED) is 0.919. The van der Waals surface area contributed by atoms with E-state index in [9.17, 15) is 14.7 Å². The predicted octanol–water partition coefficient (Wildman–Crippen LogP) is 1.45. The van der Waals surface area contributed by atoms with Crippen molar-refractivity contribution in [1.82, 2.24) is 19.9 Å². The molecule has 1 saturated carbocycles. The molecule has 2 heterocycles. The van der Waals surface area contributed by atoms with Gasteiger partial charge in [0.05, 0.1) is 24.0 Å². The van der Waals surface area contributed by atoms with E-state index in [1.807, 2.05) is 6.07 Å². The molecule has 2 aliphatic rings. The molecule has 2 atom stereocenters. The number of carbonyl (C=O) groups excluding carboxylic acids is 1. The van der Waals surface area contributed by atoms with Crippen LogP contribution in [0.5, 0.6) is 0 Å². The summed E-state index contributed by atoms with van der Waals surface area (Å²) < 4.78 is 1.59. The summed E-state index contributed by atoms with van der Waals surface area (Å²) in [4.78, 5) is 26.0. The van der Waals surface area contributed by atoms with Crippen LogP contribution in [0.1, 0.15) is 23.2 Å². The molecular weight excluding hydrogens is 308 g/mol. The lowest BCUT2D eigenvalue weighted by molar-refractivity contribution is -0.142. The molecule has 1 N–H and O–H groups in total. The van der Waals surface area contributed by atoms with Gasteiger partial charge in [-0.05, 0) is 42.9 Å². The number of carbonyl (C=O) groups is 2. The Kier molecular flexibility index (Phi) is 3.55. The third-order valence-electron chi connectivity index (χ3n) is 4.98. The average Bonchev–Trinajstić information content (AvgIpc) is 3.12. The molecule has 1 amide bonds. The molecule has 1 aromatic heterocycles. The molecule has 0 unspecified atom stereocenters. The van der Waals surface area contributed by atoms with Crippen LogP contribution in [-0.2, 0) is 4.79 Å². The fourth-order valence-corrected chi connectivity index (χ4v) is 3.57. The van der Waals surface area contributed by atoms with Crippen LogP contribution in [0.3, 0.4) is 0 Å².